The van der Waals surface area contributed by atoms with Gasteiger partial charge in [-0.1, -0.05) is 17.3 Å². The normalized spacial score (nSPS) is 16.8. The van der Waals surface area contributed by atoms with E-state index in [4.69, 9.17) is 10.3 Å². The van der Waals surface area contributed by atoms with Gasteiger partial charge in [-0.3, -0.25) is 9.69 Å². The van der Waals surface area contributed by atoms with Crippen molar-refractivity contribution in [3.63, 3.8) is 0 Å². The zero-order valence-electron chi connectivity index (χ0n) is 17.6. The molecule has 1 aliphatic heterocycles. The molecule has 1 saturated carbocycles. The Labute approximate surface area is 188 Å². The fraction of sp³-hybridized carbons (Fsp3) is 0.304. The molecule has 3 heterocycles. The van der Waals surface area contributed by atoms with E-state index in [1.165, 1.54) is 23.1 Å². The zero-order valence-corrected chi connectivity index (χ0v) is 17.6. The lowest BCUT2D eigenvalue weighted by Gasteiger charge is -2.60. The molecule has 0 atom stereocenters. The third-order valence-corrected chi connectivity index (χ3v) is 6.46. The highest BCUT2D eigenvalue weighted by molar-refractivity contribution is 5.90. The molecule has 5 rings (SSSR count). The second-order valence-electron chi connectivity index (χ2n) is 8.78. The van der Waals surface area contributed by atoms with Gasteiger partial charge in [0.25, 0.3) is 5.91 Å². The summed E-state index contributed by atoms with van der Waals surface area (Å²) in [7, 11) is 0. The highest BCUT2D eigenvalue weighted by Crippen LogP contribution is 2.51. The minimum atomic E-state index is -1.04. The first kappa shape index (κ1) is 20.9. The SMILES string of the molecule is NC(=O)c1cc(CN(C(=O)O)C2CC3(C2)CN(c2ccc(-c4ccc(F)cc4)cn2)C3)on1. The van der Waals surface area contributed by atoms with E-state index in [2.05, 4.69) is 15.0 Å². The fourth-order valence-electron chi connectivity index (χ4n) is 4.75. The summed E-state index contributed by atoms with van der Waals surface area (Å²) in [5.41, 5.74) is 7.05. The summed E-state index contributed by atoms with van der Waals surface area (Å²) in [6.07, 6.45) is 2.24. The molecular weight excluding hydrogens is 429 g/mol. The van der Waals surface area contributed by atoms with Gasteiger partial charge in [0.05, 0.1) is 6.54 Å². The van der Waals surface area contributed by atoms with E-state index >= 15 is 0 Å². The molecule has 10 heteroatoms. The Morgan fingerprint density at radius 3 is 2.45 bits per heavy atom. The number of anilines is 1. The summed E-state index contributed by atoms with van der Waals surface area (Å²) < 4.78 is 18.2. The van der Waals surface area contributed by atoms with Crippen LogP contribution in [0, 0.1) is 11.2 Å². The molecule has 1 aliphatic carbocycles. The average Bonchev–Trinajstić information content (AvgIpc) is 3.21. The number of pyridine rings is 1. The molecular formula is C23H22FN5O4. The van der Waals surface area contributed by atoms with Crippen molar-refractivity contribution in [2.24, 2.45) is 11.1 Å². The number of hydrogen-bond acceptors (Lipinski definition) is 6. The topological polar surface area (TPSA) is 126 Å². The smallest absolute Gasteiger partial charge is 0.407 e. The van der Waals surface area contributed by atoms with Gasteiger partial charge in [-0.25, -0.2) is 14.2 Å². The summed E-state index contributed by atoms with van der Waals surface area (Å²) in [5, 5.41) is 13.2. The first-order valence-electron chi connectivity index (χ1n) is 10.5. The Morgan fingerprint density at radius 1 is 1.18 bits per heavy atom. The molecule has 0 bridgehead atoms. The number of carboxylic acid groups (broad SMARTS) is 1. The molecule has 1 saturated heterocycles. The number of halogens is 1. The maximum absolute atomic E-state index is 13.1. The van der Waals surface area contributed by atoms with Gasteiger partial charge < -0.3 is 20.3 Å². The number of benzene rings is 1. The van der Waals surface area contributed by atoms with E-state index in [0.717, 1.165) is 42.9 Å². The quantitative estimate of drug-likeness (QED) is 0.590. The number of rotatable bonds is 6. The van der Waals surface area contributed by atoms with E-state index in [-0.39, 0.29) is 35.3 Å². The average molecular weight is 451 g/mol. The van der Waals surface area contributed by atoms with Crippen molar-refractivity contribution in [3.8, 4) is 11.1 Å². The Morgan fingerprint density at radius 2 is 1.88 bits per heavy atom. The van der Waals surface area contributed by atoms with Crippen LogP contribution >= 0.6 is 0 Å². The lowest BCUT2D eigenvalue weighted by Crippen LogP contribution is -2.67. The molecule has 2 amide bonds. The van der Waals surface area contributed by atoms with Crippen LogP contribution in [0.15, 0.2) is 53.2 Å². The number of hydrogen-bond donors (Lipinski definition) is 2. The minimum Gasteiger partial charge on any atom is -0.465 e. The van der Waals surface area contributed by atoms with Crippen molar-refractivity contribution in [2.45, 2.75) is 25.4 Å². The molecule has 2 aromatic heterocycles. The van der Waals surface area contributed by atoms with Crippen LogP contribution in [0.1, 0.15) is 29.1 Å². The van der Waals surface area contributed by atoms with Gasteiger partial charge in [-0.2, -0.15) is 0 Å². The van der Waals surface area contributed by atoms with Crippen LogP contribution in [0.3, 0.4) is 0 Å². The number of carbonyl (C=O) groups excluding carboxylic acids is 1. The molecule has 1 aromatic carbocycles. The summed E-state index contributed by atoms with van der Waals surface area (Å²) in [6.45, 7) is 1.65. The molecule has 3 aromatic rings. The third kappa shape index (κ3) is 3.99. The molecule has 9 nitrogen and oxygen atoms in total. The van der Waals surface area contributed by atoms with E-state index in [9.17, 15) is 19.1 Å². The number of primary amides is 1. The van der Waals surface area contributed by atoms with E-state index in [1.807, 2.05) is 12.1 Å². The van der Waals surface area contributed by atoms with Gasteiger partial charge in [0.2, 0.25) is 0 Å². The molecule has 33 heavy (non-hydrogen) atoms. The standard InChI is InChI=1S/C23H22FN5O4/c24-16-4-1-14(2-5-16)15-3-6-20(26-10-15)28-12-23(13-28)8-17(9-23)29(22(31)32)11-18-7-19(21(25)30)27-33-18/h1-7,10,17H,8-9,11-13H2,(H2,25,30)(H,31,32). The van der Waals surface area contributed by atoms with Crippen LogP contribution in [0.25, 0.3) is 11.1 Å². The van der Waals surface area contributed by atoms with Crippen molar-refractivity contribution >= 4 is 17.8 Å². The van der Waals surface area contributed by atoms with Crippen LogP contribution < -0.4 is 10.6 Å². The van der Waals surface area contributed by atoms with Crippen molar-refractivity contribution in [3.05, 3.63) is 65.9 Å². The molecule has 0 radical (unpaired) electrons. The summed E-state index contributed by atoms with van der Waals surface area (Å²) in [6, 6.07) is 11.5. The summed E-state index contributed by atoms with van der Waals surface area (Å²) in [5.74, 6) is 0.160. The van der Waals surface area contributed by atoms with Gasteiger partial charge in [0, 0.05) is 42.4 Å². The molecule has 3 N–H and O–H groups in total. The second-order valence-corrected chi connectivity index (χ2v) is 8.78. The van der Waals surface area contributed by atoms with Crippen LogP contribution in [0.4, 0.5) is 15.0 Å². The van der Waals surface area contributed by atoms with E-state index < -0.39 is 12.0 Å². The van der Waals surface area contributed by atoms with Crippen molar-refractivity contribution in [2.75, 3.05) is 18.0 Å². The Bertz CT molecular complexity index is 1180. The maximum atomic E-state index is 13.1. The third-order valence-electron chi connectivity index (χ3n) is 6.46. The number of nitrogens with two attached hydrogens (primary N) is 1. The van der Waals surface area contributed by atoms with Crippen LogP contribution in [0.2, 0.25) is 0 Å². The van der Waals surface area contributed by atoms with Crippen LogP contribution in [-0.2, 0) is 6.54 Å². The number of nitrogens with zero attached hydrogens (tertiary/aromatic N) is 4. The molecule has 1 spiro atoms. The fourth-order valence-corrected chi connectivity index (χ4v) is 4.75. The first-order chi connectivity index (χ1) is 15.8. The Balaban J connectivity index is 1.17. The second kappa shape index (κ2) is 7.88. The molecule has 170 valence electrons. The molecule has 2 aliphatic rings. The zero-order chi connectivity index (χ0) is 23.2. The van der Waals surface area contributed by atoms with E-state index in [0.29, 0.717) is 0 Å². The van der Waals surface area contributed by atoms with Gasteiger partial charge in [0.1, 0.15) is 11.6 Å². The predicted molar refractivity (Wildman–Crippen MR) is 116 cm³/mol. The van der Waals surface area contributed by atoms with Gasteiger partial charge in [-0.15, -0.1) is 0 Å². The van der Waals surface area contributed by atoms with Gasteiger partial charge >= 0.3 is 6.09 Å². The number of aromatic nitrogens is 2. The predicted octanol–water partition coefficient (Wildman–Crippen LogP) is 3.12. The molecule has 2 fully saturated rings. The Kier molecular flexibility index (Phi) is 4.99. The highest BCUT2D eigenvalue weighted by atomic mass is 19.1. The van der Waals surface area contributed by atoms with Gasteiger partial charge in [-0.05, 0) is 42.7 Å². The lowest BCUT2D eigenvalue weighted by atomic mass is 9.60. The summed E-state index contributed by atoms with van der Waals surface area (Å²) >= 11 is 0. The van der Waals surface area contributed by atoms with Crippen LogP contribution in [-0.4, -0.2) is 51.3 Å². The summed E-state index contributed by atoms with van der Waals surface area (Å²) in [4.78, 5) is 31.0. The van der Waals surface area contributed by atoms with Crippen molar-refractivity contribution in [1.29, 1.82) is 0 Å². The Hall–Kier alpha value is -3.95. The first-order valence-corrected chi connectivity index (χ1v) is 10.5. The largest absolute Gasteiger partial charge is 0.465 e. The van der Waals surface area contributed by atoms with Crippen LogP contribution in [0.5, 0.6) is 0 Å². The highest BCUT2D eigenvalue weighted by Gasteiger charge is 2.55. The number of amides is 2. The maximum Gasteiger partial charge on any atom is 0.407 e. The van der Waals surface area contributed by atoms with Crippen molar-refractivity contribution < 1.29 is 23.6 Å². The van der Waals surface area contributed by atoms with E-state index in [1.54, 1.807) is 18.3 Å². The van der Waals surface area contributed by atoms with Gasteiger partial charge in [0.15, 0.2) is 11.5 Å². The number of carbonyl (C=O) groups is 2. The lowest BCUT2D eigenvalue weighted by molar-refractivity contribution is -0.0179. The molecule has 0 unspecified atom stereocenters. The minimum absolute atomic E-state index is 0.0203. The monoisotopic (exact) mass is 451 g/mol. The van der Waals surface area contributed by atoms with Crippen molar-refractivity contribution in [1.82, 2.24) is 15.0 Å².